The molecule has 3 N–H and O–H groups in total. The minimum absolute atomic E-state index is 0.0399. The molecule has 5 rings (SSSR count). The number of hydrogen-bond donors (Lipinski definition) is 3. The Balaban J connectivity index is 1.58. The van der Waals surface area contributed by atoms with Crippen LogP contribution in [0.1, 0.15) is 71.2 Å². The second-order valence-electron chi connectivity index (χ2n) is 9.15. The zero-order valence-corrected chi connectivity index (χ0v) is 19.3. The van der Waals surface area contributed by atoms with E-state index >= 15 is 0 Å². The molecule has 2 atom stereocenters. The van der Waals surface area contributed by atoms with Crippen LogP contribution in [0.25, 0.3) is 0 Å². The third-order valence-electron chi connectivity index (χ3n) is 6.80. The van der Waals surface area contributed by atoms with Gasteiger partial charge in [-0.3, -0.25) is 14.4 Å². The molecule has 0 radical (unpaired) electrons. The topological polar surface area (TPSA) is 103 Å². The number of aliphatic imine (C=N–C) groups is 1. The molecule has 1 fully saturated rings. The van der Waals surface area contributed by atoms with Gasteiger partial charge in [0.2, 0.25) is 11.9 Å². The lowest BCUT2D eigenvalue weighted by atomic mass is 9.88. The van der Waals surface area contributed by atoms with E-state index in [9.17, 15) is 14.4 Å². The first-order chi connectivity index (χ1) is 16.5. The first kappa shape index (κ1) is 22.1. The van der Waals surface area contributed by atoms with Crippen LogP contribution in [0, 0.1) is 0 Å². The predicted octanol–water partition coefficient (Wildman–Crippen LogP) is 3.41. The maximum absolute atomic E-state index is 13.1. The number of nitrogens with one attached hydrogen (secondary N) is 3. The molecule has 0 spiro atoms. The zero-order valence-electron chi connectivity index (χ0n) is 19.3. The predicted molar refractivity (Wildman–Crippen MR) is 131 cm³/mol. The molecule has 3 aliphatic rings. The summed E-state index contributed by atoms with van der Waals surface area (Å²) in [6.07, 6.45) is 4.33. The average molecular weight is 460 g/mol. The molecule has 2 aromatic carbocycles. The SMILES string of the molecule is CC1CCCCNC(=O)c2cccc(c2)C(=O)/N=C2\Nc3cccc(C4CCCNC4=O)c3N21. The van der Waals surface area contributed by atoms with Crippen LogP contribution in [-0.4, -0.2) is 42.8 Å². The fourth-order valence-corrected chi connectivity index (χ4v) is 5.03. The molecule has 3 heterocycles. The van der Waals surface area contributed by atoms with Crippen molar-refractivity contribution in [1.82, 2.24) is 10.6 Å². The first-order valence-electron chi connectivity index (χ1n) is 12.0. The van der Waals surface area contributed by atoms with Gasteiger partial charge in [-0.1, -0.05) is 18.2 Å². The Morgan fingerprint density at radius 3 is 2.56 bits per heavy atom. The van der Waals surface area contributed by atoms with Gasteiger partial charge in [0.1, 0.15) is 0 Å². The summed E-state index contributed by atoms with van der Waals surface area (Å²) >= 11 is 0. The van der Waals surface area contributed by atoms with Gasteiger partial charge in [-0.05, 0) is 68.9 Å². The highest BCUT2D eigenvalue weighted by Gasteiger charge is 2.36. The third kappa shape index (κ3) is 4.16. The van der Waals surface area contributed by atoms with Gasteiger partial charge >= 0.3 is 0 Å². The summed E-state index contributed by atoms with van der Waals surface area (Å²) in [5.41, 5.74) is 3.54. The molecule has 8 nitrogen and oxygen atoms in total. The van der Waals surface area contributed by atoms with Crippen LogP contribution in [0.3, 0.4) is 0 Å². The van der Waals surface area contributed by atoms with Crippen LogP contribution in [-0.2, 0) is 4.79 Å². The second-order valence-corrected chi connectivity index (χ2v) is 9.15. The number of nitrogens with zero attached hydrogens (tertiary/aromatic N) is 2. The largest absolute Gasteiger partial charge is 0.356 e. The molecule has 0 saturated carbocycles. The Bertz CT molecular complexity index is 1170. The smallest absolute Gasteiger partial charge is 0.280 e. The number of fused-ring (bicyclic) bond motifs is 5. The normalized spacial score (nSPS) is 24.6. The molecule has 2 unspecified atom stereocenters. The van der Waals surface area contributed by atoms with Gasteiger partial charge in [-0.25, -0.2) is 0 Å². The van der Waals surface area contributed by atoms with Gasteiger partial charge in [0.25, 0.3) is 11.8 Å². The maximum Gasteiger partial charge on any atom is 0.280 e. The molecule has 0 aliphatic carbocycles. The number of benzene rings is 2. The van der Waals surface area contributed by atoms with Crippen molar-refractivity contribution in [2.45, 2.75) is 51.0 Å². The first-order valence-corrected chi connectivity index (χ1v) is 12.0. The van der Waals surface area contributed by atoms with Crippen LogP contribution >= 0.6 is 0 Å². The van der Waals surface area contributed by atoms with Gasteiger partial charge in [0.05, 0.1) is 17.3 Å². The van der Waals surface area contributed by atoms with E-state index in [-0.39, 0.29) is 23.8 Å². The third-order valence-corrected chi connectivity index (χ3v) is 6.80. The Kier molecular flexibility index (Phi) is 6.04. The van der Waals surface area contributed by atoms with Crippen LogP contribution in [0.5, 0.6) is 0 Å². The van der Waals surface area contributed by atoms with E-state index in [0.29, 0.717) is 30.2 Å². The molecule has 3 amide bonds. The lowest BCUT2D eigenvalue weighted by Gasteiger charge is -2.31. The maximum atomic E-state index is 13.1. The van der Waals surface area contributed by atoms with E-state index in [1.54, 1.807) is 24.3 Å². The van der Waals surface area contributed by atoms with Gasteiger partial charge in [-0.15, -0.1) is 0 Å². The van der Waals surface area contributed by atoms with Crippen molar-refractivity contribution in [2.75, 3.05) is 23.3 Å². The summed E-state index contributed by atoms with van der Waals surface area (Å²) in [6.45, 7) is 3.39. The van der Waals surface area contributed by atoms with Crippen molar-refractivity contribution in [3.05, 3.63) is 59.2 Å². The van der Waals surface area contributed by atoms with Gasteiger partial charge in [0.15, 0.2) is 0 Å². The van der Waals surface area contributed by atoms with Gasteiger partial charge < -0.3 is 20.9 Å². The Morgan fingerprint density at radius 2 is 1.71 bits per heavy atom. The second kappa shape index (κ2) is 9.29. The highest BCUT2D eigenvalue weighted by atomic mass is 16.2. The molecular formula is C26H29N5O3. The van der Waals surface area contributed by atoms with Crippen LogP contribution in [0.4, 0.5) is 11.4 Å². The molecule has 0 aromatic heterocycles. The van der Waals surface area contributed by atoms with Crippen molar-refractivity contribution in [2.24, 2.45) is 4.99 Å². The number of carbonyl (C=O) groups is 3. The molecular weight excluding hydrogens is 430 g/mol. The highest BCUT2D eigenvalue weighted by molar-refractivity contribution is 6.20. The summed E-state index contributed by atoms with van der Waals surface area (Å²) in [5, 5.41) is 9.26. The van der Waals surface area contributed by atoms with E-state index in [0.717, 1.165) is 49.0 Å². The monoisotopic (exact) mass is 459 g/mol. The van der Waals surface area contributed by atoms with E-state index in [1.807, 2.05) is 18.2 Å². The minimum Gasteiger partial charge on any atom is -0.356 e. The van der Waals surface area contributed by atoms with Crippen molar-refractivity contribution < 1.29 is 14.4 Å². The fourth-order valence-electron chi connectivity index (χ4n) is 5.03. The molecule has 34 heavy (non-hydrogen) atoms. The Morgan fingerprint density at radius 1 is 0.912 bits per heavy atom. The Labute approximate surface area is 198 Å². The van der Waals surface area contributed by atoms with Crippen LogP contribution in [0.2, 0.25) is 0 Å². The average Bonchev–Trinajstić information content (AvgIpc) is 3.21. The van der Waals surface area contributed by atoms with E-state index in [1.165, 1.54) is 0 Å². The van der Waals surface area contributed by atoms with Gasteiger partial charge in [0, 0.05) is 30.3 Å². The summed E-state index contributed by atoms with van der Waals surface area (Å²) in [7, 11) is 0. The summed E-state index contributed by atoms with van der Waals surface area (Å²) in [4.78, 5) is 44.9. The van der Waals surface area contributed by atoms with E-state index in [4.69, 9.17) is 0 Å². The molecule has 8 heteroatoms. The van der Waals surface area contributed by atoms with Crippen LogP contribution < -0.4 is 20.9 Å². The quantitative estimate of drug-likeness (QED) is 0.607. The summed E-state index contributed by atoms with van der Waals surface area (Å²) in [6, 6.07) is 12.6. The van der Waals surface area contributed by atoms with Gasteiger partial charge in [-0.2, -0.15) is 4.99 Å². The number of piperidine rings is 1. The number of carbonyl (C=O) groups excluding carboxylic acids is 3. The number of amides is 3. The number of rotatable bonds is 1. The standard InChI is InChI=1S/C26H29N5O3/c1-16-7-2-3-13-27-23(32)17-8-4-9-18(15-17)24(33)30-26-29-21-12-5-10-19(22(21)31(16)26)20-11-6-14-28-25(20)34/h4-5,8-10,12,15-16,20H,2-3,6-7,11,13-14H2,1H3,(H,27,32)(H,28,34)(H,29,30,33). The highest BCUT2D eigenvalue weighted by Crippen LogP contribution is 2.43. The van der Waals surface area contributed by atoms with Crippen molar-refractivity contribution in [3.8, 4) is 0 Å². The molecule has 1 saturated heterocycles. The lowest BCUT2D eigenvalue weighted by molar-refractivity contribution is -0.123. The van der Waals surface area contributed by atoms with Crippen molar-refractivity contribution >= 4 is 35.1 Å². The molecule has 2 bridgehead atoms. The number of para-hydroxylation sites is 1. The van der Waals surface area contributed by atoms with E-state index in [2.05, 4.69) is 32.8 Å². The van der Waals surface area contributed by atoms with Crippen LogP contribution in [0.15, 0.2) is 47.5 Å². The molecule has 176 valence electrons. The number of anilines is 2. The van der Waals surface area contributed by atoms with Crippen molar-refractivity contribution in [3.63, 3.8) is 0 Å². The van der Waals surface area contributed by atoms with Crippen molar-refractivity contribution in [1.29, 1.82) is 0 Å². The van der Waals surface area contributed by atoms with E-state index < -0.39 is 5.91 Å². The molecule has 2 aromatic rings. The Hall–Kier alpha value is -3.68. The zero-order chi connectivity index (χ0) is 23.7. The number of guanidine groups is 1. The lowest BCUT2D eigenvalue weighted by Crippen LogP contribution is -2.40. The summed E-state index contributed by atoms with van der Waals surface area (Å²) < 4.78 is 0. The summed E-state index contributed by atoms with van der Waals surface area (Å²) in [5.74, 6) is -0.328. The fraction of sp³-hybridized carbons (Fsp3) is 0.385. The number of hydrogen-bond acceptors (Lipinski definition) is 5. The molecule has 3 aliphatic heterocycles. The minimum atomic E-state index is -0.420.